The van der Waals surface area contributed by atoms with Crippen LogP contribution in [0.25, 0.3) is 11.3 Å². The Kier molecular flexibility index (Phi) is 5.74. The summed E-state index contributed by atoms with van der Waals surface area (Å²) in [7, 11) is -2.53. The van der Waals surface area contributed by atoms with Crippen molar-refractivity contribution in [2.75, 3.05) is 25.7 Å². The summed E-state index contributed by atoms with van der Waals surface area (Å²) in [5.41, 5.74) is 2.97. The van der Waals surface area contributed by atoms with Crippen LogP contribution >= 0.6 is 11.6 Å². The van der Waals surface area contributed by atoms with Gasteiger partial charge in [0.25, 0.3) is 5.91 Å². The van der Waals surface area contributed by atoms with Crippen molar-refractivity contribution < 1.29 is 28.3 Å². The normalized spacial score (nSPS) is 26.0. The molecular formula is C22H22ClN3O6S. The lowest BCUT2D eigenvalue weighted by Crippen LogP contribution is -2.34. The Morgan fingerprint density at radius 3 is 2.67 bits per heavy atom. The molecule has 3 aliphatic rings. The molecule has 0 bridgehead atoms. The number of aliphatic hydroxyl groups excluding tert-OH is 1. The second kappa shape index (κ2) is 8.44. The smallest absolute Gasteiger partial charge is 0.285 e. The number of hydrogen-bond donors (Lipinski definition) is 1. The van der Waals surface area contributed by atoms with E-state index < -0.39 is 21.7 Å². The van der Waals surface area contributed by atoms with Crippen molar-refractivity contribution >= 4 is 38.8 Å². The van der Waals surface area contributed by atoms with Gasteiger partial charge >= 0.3 is 0 Å². The lowest BCUT2D eigenvalue weighted by atomic mass is 10.1. The van der Waals surface area contributed by atoms with E-state index in [4.69, 9.17) is 25.8 Å². The molecule has 4 atom stereocenters. The molecule has 5 rings (SSSR count). The number of halogens is 1. The number of aromatic nitrogens is 1. The van der Waals surface area contributed by atoms with Gasteiger partial charge in [0.2, 0.25) is 0 Å². The van der Waals surface area contributed by atoms with Crippen LogP contribution in [0.1, 0.15) is 16.1 Å². The van der Waals surface area contributed by atoms with E-state index in [0.717, 1.165) is 11.3 Å². The first kappa shape index (κ1) is 22.4. The molecule has 9 nitrogen and oxygen atoms in total. The van der Waals surface area contributed by atoms with Crippen molar-refractivity contribution in [1.82, 2.24) is 4.98 Å². The molecule has 2 fully saturated rings. The van der Waals surface area contributed by atoms with Crippen LogP contribution in [0.2, 0.25) is 5.02 Å². The molecule has 0 aliphatic carbocycles. The number of rotatable bonds is 3. The monoisotopic (exact) mass is 491 g/mol. The van der Waals surface area contributed by atoms with Gasteiger partial charge in [-0.15, -0.1) is 0 Å². The Morgan fingerprint density at radius 2 is 1.94 bits per heavy atom. The summed E-state index contributed by atoms with van der Waals surface area (Å²) >= 11 is 6.48. The molecule has 1 aromatic carbocycles. The van der Waals surface area contributed by atoms with Crippen molar-refractivity contribution in [3.05, 3.63) is 46.6 Å². The summed E-state index contributed by atoms with van der Waals surface area (Å²) in [4.78, 5) is 21.3. The number of carbonyl (C=O) groups is 1. The van der Waals surface area contributed by atoms with Gasteiger partial charge in [-0.2, -0.15) is 4.36 Å². The molecule has 4 heterocycles. The van der Waals surface area contributed by atoms with Gasteiger partial charge in [0.1, 0.15) is 18.3 Å². The molecule has 0 radical (unpaired) electrons. The third-order valence-corrected chi connectivity index (χ3v) is 6.47. The van der Waals surface area contributed by atoms with Crippen molar-refractivity contribution in [3.8, 4) is 11.3 Å². The molecule has 11 heteroatoms. The average molecular weight is 492 g/mol. The third-order valence-electron chi connectivity index (χ3n) is 5.57. The Balaban J connectivity index is 1.32. The van der Waals surface area contributed by atoms with Crippen LogP contribution in [-0.4, -0.2) is 76.2 Å². The first-order valence-corrected chi connectivity index (χ1v) is 13.1. The summed E-state index contributed by atoms with van der Waals surface area (Å²) < 4.78 is 32.7. The second-order valence-electron chi connectivity index (χ2n) is 8.44. The van der Waals surface area contributed by atoms with Gasteiger partial charge in [-0.1, -0.05) is 23.7 Å². The van der Waals surface area contributed by atoms with Gasteiger partial charge in [-0.3, -0.25) is 4.79 Å². The summed E-state index contributed by atoms with van der Waals surface area (Å²) in [5.74, 6) is -0.0353. The topological polar surface area (TPSA) is 120 Å². The highest BCUT2D eigenvalue weighted by molar-refractivity contribution is 7.92. The zero-order valence-corrected chi connectivity index (χ0v) is 19.5. The number of hydrogen-bond acceptors (Lipinski definition) is 8. The maximum absolute atomic E-state index is 12.1. The number of benzene rings is 1. The number of nitrogens with zero attached hydrogens (tertiary/aromatic N) is 3. The number of ether oxygens (including phenoxy) is 3. The SMILES string of the molecule is CS(C)(=O)=NC(=O)c1ccc(-c2nc3c(cc2Cl)N=C(O[C@@H]2CO[C@H]4[C@@H]2OC[C@H]4O)C3)cc1. The molecule has 33 heavy (non-hydrogen) atoms. The Bertz CT molecular complexity index is 1260. The molecule has 1 N–H and O–H groups in total. The Hall–Kier alpha value is -2.37. The van der Waals surface area contributed by atoms with Crippen LogP contribution in [-0.2, 0) is 30.4 Å². The van der Waals surface area contributed by atoms with E-state index in [1.807, 2.05) is 0 Å². The maximum atomic E-state index is 12.1. The molecule has 2 aromatic rings. The van der Waals surface area contributed by atoms with Crippen molar-refractivity contribution in [3.63, 3.8) is 0 Å². The van der Waals surface area contributed by atoms with E-state index in [2.05, 4.69) is 14.3 Å². The van der Waals surface area contributed by atoms with Crippen LogP contribution in [0.5, 0.6) is 0 Å². The van der Waals surface area contributed by atoms with E-state index in [-0.39, 0.29) is 24.9 Å². The van der Waals surface area contributed by atoms with E-state index >= 15 is 0 Å². The van der Waals surface area contributed by atoms with Crippen molar-refractivity contribution in [2.24, 2.45) is 9.36 Å². The molecule has 174 valence electrons. The van der Waals surface area contributed by atoms with Crippen molar-refractivity contribution in [1.29, 1.82) is 0 Å². The molecule has 0 saturated carbocycles. The van der Waals surface area contributed by atoms with Crippen LogP contribution in [0.15, 0.2) is 39.7 Å². The molecular weight excluding hydrogens is 470 g/mol. The van der Waals surface area contributed by atoms with E-state index in [0.29, 0.717) is 40.9 Å². The minimum atomic E-state index is -2.53. The predicted octanol–water partition coefficient (Wildman–Crippen LogP) is 2.40. The molecule has 2 saturated heterocycles. The number of carbonyl (C=O) groups excluding carboxylic acids is 1. The molecule has 3 aliphatic heterocycles. The summed E-state index contributed by atoms with van der Waals surface area (Å²) in [5, 5.41) is 10.3. The Morgan fingerprint density at radius 1 is 1.21 bits per heavy atom. The third kappa shape index (κ3) is 4.53. The molecule has 0 spiro atoms. The number of aliphatic imine (C=N–C) groups is 1. The summed E-state index contributed by atoms with van der Waals surface area (Å²) in [6.07, 6.45) is 1.55. The second-order valence-corrected chi connectivity index (χ2v) is 11.4. The number of amides is 1. The number of fused-ring (bicyclic) bond motifs is 2. The first-order chi connectivity index (χ1) is 15.7. The van der Waals surface area contributed by atoms with Gasteiger partial charge in [0.05, 0.1) is 41.7 Å². The standard InChI is InChI=1S/C22H22ClN3O6S/c1-33(2,29)26-22(28)12-5-3-11(4-6-12)19-13(23)7-14-15(25-19)8-18(24-14)32-17-10-31-20-16(27)9-30-21(17)20/h3-7,16-17,20-21,27H,8-10H2,1-2H3/t16-,17-,20-,21-/m1/s1. The lowest BCUT2D eigenvalue weighted by Gasteiger charge is -2.17. The fraction of sp³-hybridized carbons (Fsp3) is 0.409. The number of aliphatic hydroxyl groups is 1. The molecule has 1 aromatic heterocycles. The lowest BCUT2D eigenvalue weighted by molar-refractivity contribution is 0.00558. The highest BCUT2D eigenvalue weighted by Crippen LogP contribution is 2.36. The highest BCUT2D eigenvalue weighted by Gasteiger charge is 2.48. The largest absolute Gasteiger partial charge is 0.472 e. The van der Waals surface area contributed by atoms with Crippen LogP contribution in [0.4, 0.5) is 5.69 Å². The minimum Gasteiger partial charge on any atom is -0.472 e. The maximum Gasteiger partial charge on any atom is 0.285 e. The van der Waals surface area contributed by atoms with Crippen LogP contribution < -0.4 is 0 Å². The van der Waals surface area contributed by atoms with Crippen molar-refractivity contribution in [2.45, 2.75) is 30.8 Å². The molecule has 1 amide bonds. The van der Waals surface area contributed by atoms with Gasteiger partial charge < -0.3 is 19.3 Å². The van der Waals surface area contributed by atoms with Gasteiger partial charge in [-0.25, -0.2) is 14.2 Å². The van der Waals surface area contributed by atoms with Gasteiger partial charge in [-0.05, 0) is 18.2 Å². The zero-order chi connectivity index (χ0) is 23.3. The fourth-order valence-corrected chi connectivity index (χ4v) is 4.83. The van der Waals surface area contributed by atoms with Crippen LogP contribution in [0, 0.1) is 0 Å². The van der Waals surface area contributed by atoms with Gasteiger partial charge in [0.15, 0.2) is 12.0 Å². The molecule has 0 unspecified atom stereocenters. The summed E-state index contributed by atoms with van der Waals surface area (Å²) in [6.45, 7) is 0.556. The van der Waals surface area contributed by atoms with Gasteiger partial charge in [0, 0.05) is 33.4 Å². The quantitative estimate of drug-likeness (QED) is 0.700. The number of pyridine rings is 1. The van der Waals surface area contributed by atoms with E-state index in [9.17, 15) is 14.1 Å². The highest BCUT2D eigenvalue weighted by atomic mass is 35.5. The van der Waals surface area contributed by atoms with E-state index in [1.54, 1.807) is 30.3 Å². The average Bonchev–Trinajstić information content (AvgIpc) is 3.43. The Labute approximate surface area is 195 Å². The van der Waals surface area contributed by atoms with E-state index in [1.165, 1.54) is 12.5 Å². The fourth-order valence-electron chi connectivity index (χ4n) is 4.07. The van der Waals surface area contributed by atoms with Crippen LogP contribution in [0.3, 0.4) is 0 Å². The minimum absolute atomic E-state index is 0.233. The summed E-state index contributed by atoms with van der Waals surface area (Å²) in [6, 6.07) is 8.40. The first-order valence-electron chi connectivity index (χ1n) is 10.3. The predicted molar refractivity (Wildman–Crippen MR) is 123 cm³/mol. The zero-order valence-electron chi connectivity index (χ0n) is 17.9.